The summed E-state index contributed by atoms with van der Waals surface area (Å²) in [6, 6.07) is 15.6. The zero-order chi connectivity index (χ0) is 17.7. The first-order valence-electron chi connectivity index (χ1n) is 7.49. The maximum atomic E-state index is 11.8. The van der Waals surface area contributed by atoms with Gasteiger partial charge in [0.15, 0.2) is 9.84 Å². The topological polar surface area (TPSA) is 95.8 Å². The first-order chi connectivity index (χ1) is 12.1. The summed E-state index contributed by atoms with van der Waals surface area (Å²) in [6.45, 7) is 0.320. The highest BCUT2D eigenvalue weighted by molar-refractivity contribution is 7.91. The maximum absolute atomic E-state index is 11.8. The molecule has 1 heterocycles. The van der Waals surface area contributed by atoms with E-state index in [0.717, 1.165) is 16.8 Å². The molecule has 126 valence electrons. The zero-order valence-electron chi connectivity index (χ0n) is 13.2. The third kappa shape index (κ3) is 4.05. The molecule has 0 saturated carbocycles. The number of ether oxygens (including phenoxy) is 1. The van der Waals surface area contributed by atoms with Crippen LogP contribution in [0, 0.1) is 11.3 Å². The number of nitrogens with zero attached hydrogens (tertiary/aromatic N) is 2. The van der Waals surface area contributed by atoms with Gasteiger partial charge < -0.3 is 9.72 Å². The van der Waals surface area contributed by atoms with Crippen LogP contribution in [0.15, 0.2) is 66.0 Å². The minimum atomic E-state index is -3.53. The Morgan fingerprint density at radius 1 is 1.08 bits per heavy atom. The lowest BCUT2D eigenvalue weighted by Crippen LogP contribution is -2.05. The molecule has 0 aliphatic rings. The molecule has 0 fully saturated rings. The average Bonchev–Trinajstić information content (AvgIpc) is 3.15. The highest BCUT2D eigenvalue weighted by Gasteiger charge is 2.13. The molecule has 0 spiro atoms. The van der Waals surface area contributed by atoms with E-state index in [9.17, 15) is 8.42 Å². The predicted molar refractivity (Wildman–Crippen MR) is 92.5 cm³/mol. The van der Waals surface area contributed by atoms with E-state index < -0.39 is 15.6 Å². The van der Waals surface area contributed by atoms with Crippen LogP contribution in [0.3, 0.4) is 0 Å². The molecule has 7 heteroatoms. The summed E-state index contributed by atoms with van der Waals surface area (Å²) in [6.07, 6.45) is 3.44. The highest BCUT2D eigenvalue weighted by Crippen LogP contribution is 2.21. The molecule has 1 N–H and O–H groups in total. The number of nitriles is 1. The lowest BCUT2D eigenvalue weighted by atomic mass is 10.1. The molecular formula is C18H15N3O3S. The quantitative estimate of drug-likeness (QED) is 0.735. The Labute approximate surface area is 145 Å². The third-order valence-electron chi connectivity index (χ3n) is 3.59. The number of benzene rings is 2. The second kappa shape index (κ2) is 7.20. The lowest BCUT2D eigenvalue weighted by Gasteiger charge is -2.08. The van der Waals surface area contributed by atoms with Crippen LogP contribution in [0.1, 0.15) is 5.56 Å². The Morgan fingerprint density at radius 3 is 2.40 bits per heavy atom. The Balaban J connectivity index is 1.63. The average molecular weight is 353 g/mol. The molecule has 0 atom stereocenters. The fourth-order valence-corrected chi connectivity index (χ4v) is 3.16. The molecule has 3 aromatic rings. The Kier molecular flexibility index (Phi) is 4.82. The molecule has 1 aromatic heterocycles. The number of rotatable bonds is 6. The van der Waals surface area contributed by atoms with Gasteiger partial charge in [-0.3, -0.25) is 0 Å². The van der Waals surface area contributed by atoms with Gasteiger partial charge in [0.1, 0.15) is 18.1 Å². The van der Waals surface area contributed by atoms with Crippen LogP contribution >= 0.6 is 0 Å². The minimum absolute atomic E-state index is 0.140. The van der Waals surface area contributed by atoms with Crippen molar-refractivity contribution in [2.24, 2.45) is 0 Å². The van der Waals surface area contributed by atoms with Crippen molar-refractivity contribution < 1.29 is 13.2 Å². The predicted octanol–water partition coefficient (Wildman–Crippen LogP) is 2.95. The van der Waals surface area contributed by atoms with Gasteiger partial charge in [0.05, 0.1) is 23.0 Å². The third-order valence-corrected chi connectivity index (χ3v) is 5.09. The van der Waals surface area contributed by atoms with Crippen LogP contribution < -0.4 is 4.74 Å². The van der Waals surface area contributed by atoms with Crippen molar-refractivity contribution in [2.45, 2.75) is 11.5 Å². The summed E-state index contributed by atoms with van der Waals surface area (Å²) in [5.41, 5.74) is 2.69. The van der Waals surface area contributed by atoms with E-state index in [-0.39, 0.29) is 4.90 Å². The normalized spacial score (nSPS) is 11.0. The largest absolute Gasteiger partial charge is 0.489 e. The van der Waals surface area contributed by atoms with E-state index in [1.54, 1.807) is 24.5 Å². The van der Waals surface area contributed by atoms with Crippen molar-refractivity contribution in [3.63, 3.8) is 0 Å². The molecule has 0 amide bonds. The summed E-state index contributed by atoms with van der Waals surface area (Å²) in [5.74, 6) is 0.186. The fraction of sp³-hybridized carbons (Fsp3) is 0.111. The molecule has 3 rings (SSSR count). The molecule has 0 radical (unpaired) electrons. The van der Waals surface area contributed by atoms with Gasteiger partial charge in [0.25, 0.3) is 0 Å². The number of nitrogens with one attached hydrogen (secondary N) is 1. The van der Waals surface area contributed by atoms with Crippen LogP contribution in [0.25, 0.3) is 11.3 Å². The number of hydrogen-bond acceptors (Lipinski definition) is 5. The molecular weight excluding hydrogens is 338 g/mol. The van der Waals surface area contributed by atoms with E-state index in [1.807, 2.05) is 30.5 Å². The van der Waals surface area contributed by atoms with Crippen molar-refractivity contribution >= 4 is 9.84 Å². The standard InChI is InChI=1S/C18H15N3O3S/c19-9-10-25(22,23)17-7-1-14(2-8-17)12-24-16-5-3-15(4-6-16)18-11-20-13-21-18/h1-8,11,13H,10,12H2,(H,20,21). The summed E-state index contributed by atoms with van der Waals surface area (Å²) >= 11 is 0. The van der Waals surface area contributed by atoms with E-state index in [1.165, 1.54) is 12.1 Å². The fourth-order valence-electron chi connectivity index (χ4n) is 2.27. The number of aromatic nitrogens is 2. The maximum Gasteiger partial charge on any atom is 0.191 e. The number of sulfone groups is 1. The number of H-pyrrole nitrogens is 1. The van der Waals surface area contributed by atoms with Crippen LogP contribution in [0.5, 0.6) is 5.75 Å². The van der Waals surface area contributed by atoms with Crippen LogP contribution in [-0.4, -0.2) is 24.1 Å². The van der Waals surface area contributed by atoms with Crippen molar-refractivity contribution in [3.05, 3.63) is 66.6 Å². The van der Waals surface area contributed by atoms with Gasteiger partial charge >= 0.3 is 0 Å². The van der Waals surface area contributed by atoms with Gasteiger partial charge in [-0.25, -0.2) is 13.4 Å². The number of imidazole rings is 1. The molecule has 0 aliphatic carbocycles. The van der Waals surface area contributed by atoms with Gasteiger partial charge in [-0.05, 0) is 42.0 Å². The zero-order valence-corrected chi connectivity index (χ0v) is 14.0. The Bertz CT molecular complexity index is 972. The van der Waals surface area contributed by atoms with Gasteiger partial charge in [-0.2, -0.15) is 5.26 Å². The number of hydrogen-bond donors (Lipinski definition) is 1. The van der Waals surface area contributed by atoms with Crippen LogP contribution in [0.4, 0.5) is 0 Å². The summed E-state index contributed by atoms with van der Waals surface area (Å²) < 4.78 is 29.3. The van der Waals surface area contributed by atoms with Gasteiger partial charge in [-0.1, -0.05) is 12.1 Å². The second-order valence-corrected chi connectivity index (χ2v) is 7.32. The molecule has 0 unspecified atom stereocenters. The van der Waals surface area contributed by atoms with E-state index in [4.69, 9.17) is 10.00 Å². The van der Waals surface area contributed by atoms with E-state index in [2.05, 4.69) is 9.97 Å². The van der Waals surface area contributed by atoms with Crippen molar-refractivity contribution in [2.75, 3.05) is 5.75 Å². The first-order valence-corrected chi connectivity index (χ1v) is 9.14. The summed E-state index contributed by atoms with van der Waals surface area (Å²) in [5, 5.41) is 8.55. The molecule has 0 bridgehead atoms. The minimum Gasteiger partial charge on any atom is -0.489 e. The van der Waals surface area contributed by atoms with Crippen molar-refractivity contribution in [3.8, 4) is 23.1 Å². The Hall–Kier alpha value is -3.11. The van der Waals surface area contributed by atoms with Crippen molar-refractivity contribution in [1.82, 2.24) is 9.97 Å². The van der Waals surface area contributed by atoms with Gasteiger partial charge in [0.2, 0.25) is 0 Å². The molecule has 0 aliphatic heterocycles. The molecule has 2 aromatic carbocycles. The van der Waals surface area contributed by atoms with Crippen molar-refractivity contribution in [1.29, 1.82) is 5.26 Å². The molecule has 6 nitrogen and oxygen atoms in total. The monoisotopic (exact) mass is 353 g/mol. The first kappa shape index (κ1) is 16.7. The Morgan fingerprint density at radius 2 is 1.80 bits per heavy atom. The number of aromatic amines is 1. The van der Waals surface area contributed by atoms with E-state index in [0.29, 0.717) is 12.4 Å². The van der Waals surface area contributed by atoms with E-state index >= 15 is 0 Å². The van der Waals surface area contributed by atoms with Gasteiger partial charge in [-0.15, -0.1) is 0 Å². The lowest BCUT2D eigenvalue weighted by molar-refractivity contribution is 0.306. The van der Waals surface area contributed by atoms with Crippen LogP contribution in [-0.2, 0) is 16.4 Å². The van der Waals surface area contributed by atoms with Crippen LogP contribution in [0.2, 0.25) is 0 Å². The smallest absolute Gasteiger partial charge is 0.191 e. The second-order valence-electron chi connectivity index (χ2n) is 5.33. The molecule has 0 saturated heterocycles. The van der Waals surface area contributed by atoms with Gasteiger partial charge in [0, 0.05) is 11.8 Å². The highest BCUT2D eigenvalue weighted by atomic mass is 32.2. The summed E-state index contributed by atoms with van der Waals surface area (Å²) in [4.78, 5) is 7.23. The SMILES string of the molecule is N#CCS(=O)(=O)c1ccc(COc2ccc(-c3c[nH]cn3)cc2)cc1. The molecule has 25 heavy (non-hydrogen) atoms. The summed E-state index contributed by atoms with van der Waals surface area (Å²) in [7, 11) is -3.53.